The van der Waals surface area contributed by atoms with Crippen molar-refractivity contribution < 1.29 is 17.9 Å². The van der Waals surface area contributed by atoms with E-state index in [9.17, 15) is 13.2 Å². The Morgan fingerprint density at radius 2 is 1.76 bits per heavy atom. The van der Waals surface area contributed by atoms with Crippen molar-refractivity contribution in [1.82, 2.24) is 5.32 Å². The molecule has 6 nitrogen and oxygen atoms in total. The average molecular weight is 497 g/mol. The highest BCUT2D eigenvalue weighted by Gasteiger charge is 2.28. The van der Waals surface area contributed by atoms with Crippen LogP contribution in [0.15, 0.2) is 82.6 Å². The number of nitrogens with zero attached hydrogens (tertiary/aromatic N) is 1. The molecule has 0 unspecified atom stereocenters. The summed E-state index contributed by atoms with van der Waals surface area (Å²) in [6.07, 6.45) is 3.68. The quantitative estimate of drug-likeness (QED) is 0.453. The summed E-state index contributed by atoms with van der Waals surface area (Å²) in [6.45, 7) is 2.22. The lowest BCUT2D eigenvalue weighted by Crippen LogP contribution is -2.35. The molecule has 0 radical (unpaired) electrons. The van der Waals surface area contributed by atoms with Gasteiger partial charge in [-0.2, -0.15) is 0 Å². The number of rotatable bonds is 8. The Hall–Kier alpha value is -2.97. The molecular weight excluding hydrogens is 468 g/mol. The lowest BCUT2D eigenvalue weighted by atomic mass is 10.0. The Morgan fingerprint density at radius 3 is 2.47 bits per heavy atom. The number of hydrogen-bond donors (Lipinski definition) is 1. The molecule has 1 N–H and O–H groups in total. The van der Waals surface area contributed by atoms with E-state index in [-0.39, 0.29) is 23.5 Å². The molecule has 3 aromatic carbocycles. The fourth-order valence-corrected chi connectivity index (χ4v) is 5.94. The normalized spacial score (nSPS) is 14.2. The maximum atomic E-state index is 13.2. The van der Waals surface area contributed by atoms with Gasteiger partial charge < -0.3 is 10.1 Å². The standard InChI is InChI=1S/C26H28N2O4S2/c1-19(20-9-13-23(33-2)14-10-20)27-26(29)18-32-22-11-15-24(16-12-22)34(30,31)28-17-5-7-21-6-3-4-8-25(21)28/h3-4,6,8-16,19H,5,7,17-18H2,1-2H3,(H,27,29)/t19-/m1/s1. The lowest BCUT2D eigenvalue weighted by molar-refractivity contribution is -0.123. The first kappa shape index (κ1) is 24.2. The second kappa shape index (κ2) is 10.5. The van der Waals surface area contributed by atoms with Crippen molar-refractivity contribution in [3.63, 3.8) is 0 Å². The van der Waals surface area contributed by atoms with Crippen LogP contribution in [-0.2, 0) is 21.2 Å². The highest BCUT2D eigenvalue weighted by molar-refractivity contribution is 7.98. The third kappa shape index (κ3) is 5.39. The zero-order valence-corrected chi connectivity index (χ0v) is 20.9. The van der Waals surface area contributed by atoms with Gasteiger partial charge in [0.1, 0.15) is 5.75 Å². The molecule has 0 fully saturated rings. The molecule has 1 aliphatic rings. The van der Waals surface area contributed by atoms with E-state index in [4.69, 9.17) is 4.74 Å². The largest absolute Gasteiger partial charge is 0.484 e. The number of anilines is 1. The molecule has 4 rings (SSSR count). The van der Waals surface area contributed by atoms with E-state index in [1.165, 1.54) is 21.3 Å². The van der Waals surface area contributed by atoms with Crippen LogP contribution in [0.4, 0.5) is 5.69 Å². The minimum Gasteiger partial charge on any atom is -0.484 e. The number of sulfonamides is 1. The number of aryl methyl sites for hydroxylation is 1. The third-order valence-corrected chi connectivity index (χ3v) is 8.41. The Morgan fingerprint density at radius 1 is 1.06 bits per heavy atom. The Kier molecular flexibility index (Phi) is 7.48. The zero-order valence-electron chi connectivity index (χ0n) is 19.2. The second-order valence-corrected chi connectivity index (χ2v) is 10.9. The number of carbonyl (C=O) groups is 1. The van der Waals surface area contributed by atoms with Gasteiger partial charge >= 0.3 is 0 Å². The molecule has 0 saturated heterocycles. The molecule has 0 spiro atoms. The first-order valence-electron chi connectivity index (χ1n) is 11.2. The summed E-state index contributed by atoms with van der Waals surface area (Å²) >= 11 is 1.67. The third-order valence-electron chi connectivity index (χ3n) is 5.84. The van der Waals surface area contributed by atoms with Crippen molar-refractivity contribution in [1.29, 1.82) is 0 Å². The molecule has 8 heteroatoms. The number of ether oxygens (including phenoxy) is 1. The molecule has 0 aromatic heterocycles. The van der Waals surface area contributed by atoms with Crippen LogP contribution in [-0.4, -0.2) is 33.7 Å². The predicted octanol–water partition coefficient (Wildman–Crippen LogP) is 4.81. The summed E-state index contributed by atoms with van der Waals surface area (Å²) < 4.78 is 33.5. The van der Waals surface area contributed by atoms with Gasteiger partial charge in [0.25, 0.3) is 15.9 Å². The number of amides is 1. The van der Waals surface area contributed by atoms with Crippen molar-refractivity contribution >= 4 is 33.4 Å². The van der Waals surface area contributed by atoms with Crippen molar-refractivity contribution in [3.05, 3.63) is 83.9 Å². The number of nitrogens with one attached hydrogen (secondary N) is 1. The van der Waals surface area contributed by atoms with Crippen molar-refractivity contribution in [2.24, 2.45) is 0 Å². The van der Waals surface area contributed by atoms with Crippen LogP contribution in [0.5, 0.6) is 5.75 Å². The summed E-state index contributed by atoms with van der Waals surface area (Å²) in [5, 5.41) is 2.92. The predicted molar refractivity (Wildman–Crippen MR) is 136 cm³/mol. The van der Waals surface area contributed by atoms with Crippen LogP contribution in [0.25, 0.3) is 0 Å². The van der Waals surface area contributed by atoms with Gasteiger partial charge in [0.2, 0.25) is 0 Å². The van der Waals surface area contributed by atoms with Gasteiger partial charge in [0.15, 0.2) is 6.61 Å². The van der Waals surface area contributed by atoms with E-state index in [2.05, 4.69) is 5.32 Å². The van der Waals surface area contributed by atoms with E-state index in [0.29, 0.717) is 12.3 Å². The van der Waals surface area contributed by atoms with Crippen LogP contribution in [0.1, 0.15) is 30.5 Å². The maximum Gasteiger partial charge on any atom is 0.264 e. The highest BCUT2D eigenvalue weighted by atomic mass is 32.2. The molecule has 1 aliphatic heterocycles. The van der Waals surface area contributed by atoms with Gasteiger partial charge in [-0.05, 0) is 79.6 Å². The van der Waals surface area contributed by atoms with Gasteiger partial charge in [-0.15, -0.1) is 11.8 Å². The van der Waals surface area contributed by atoms with Crippen molar-refractivity contribution in [3.8, 4) is 5.75 Å². The minimum atomic E-state index is -3.68. The van der Waals surface area contributed by atoms with Crippen LogP contribution < -0.4 is 14.4 Å². The molecular formula is C26H28N2O4S2. The van der Waals surface area contributed by atoms with Gasteiger partial charge in [-0.1, -0.05) is 30.3 Å². The summed E-state index contributed by atoms with van der Waals surface area (Å²) in [5.41, 5.74) is 2.79. The number of hydrogen-bond acceptors (Lipinski definition) is 5. The number of benzene rings is 3. The summed E-state index contributed by atoms with van der Waals surface area (Å²) in [5.74, 6) is 0.188. The Balaban J connectivity index is 1.36. The highest BCUT2D eigenvalue weighted by Crippen LogP contribution is 2.32. The van der Waals surface area contributed by atoms with Gasteiger partial charge in [0.05, 0.1) is 16.6 Å². The van der Waals surface area contributed by atoms with Gasteiger partial charge in [-0.25, -0.2) is 8.42 Å². The molecule has 0 bridgehead atoms. The Bertz CT molecular complexity index is 1240. The van der Waals surface area contributed by atoms with Crippen LogP contribution in [0.2, 0.25) is 0 Å². The number of para-hydroxylation sites is 1. The van der Waals surface area contributed by atoms with Gasteiger partial charge in [0, 0.05) is 11.4 Å². The molecule has 34 heavy (non-hydrogen) atoms. The number of carbonyl (C=O) groups excluding carboxylic acids is 1. The summed E-state index contributed by atoms with van der Waals surface area (Å²) in [4.78, 5) is 13.7. The van der Waals surface area contributed by atoms with E-state index >= 15 is 0 Å². The summed E-state index contributed by atoms with van der Waals surface area (Å²) in [6, 6.07) is 21.7. The van der Waals surface area contributed by atoms with Crippen LogP contribution in [0, 0.1) is 0 Å². The van der Waals surface area contributed by atoms with Crippen molar-refractivity contribution in [2.45, 2.75) is 35.6 Å². The topological polar surface area (TPSA) is 75.7 Å². The zero-order chi connectivity index (χ0) is 24.1. The SMILES string of the molecule is CSc1ccc([C@@H](C)NC(=O)COc2ccc(S(=O)(=O)N3CCCc4ccccc43)cc2)cc1. The molecule has 3 aromatic rings. The second-order valence-electron chi connectivity index (χ2n) is 8.13. The first-order chi connectivity index (χ1) is 16.4. The van der Waals surface area contributed by atoms with Gasteiger partial charge in [-0.3, -0.25) is 9.10 Å². The Labute approximate surface area is 205 Å². The van der Waals surface area contributed by atoms with E-state index in [0.717, 1.165) is 29.7 Å². The lowest BCUT2D eigenvalue weighted by Gasteiger charge is -2.30. The minimum absolute atomic E-state index is 0.146. The van der Waals surface area contributed by atoms with E-state index in [1.54, 1.807) is 23.9 Å². The molecule has 0 saturated carbocycles. The first-order valence-corrected chi connectivity index (χ1v) is 13.8. The molecule has 178 valence electrons. The van der Waals surface area contributed by atoms with Crippen LogP contribution >= 0.6 is 11.8 Å². The fourth-order valence-electron chi connectivity index (χ4n) is 3.99. The molecule has 0 aliphatic carbocycles. The monoisotopic (exact) mass is 496 g/mol. The molecule has 1 amide bonds. The van der Waals surface area contributed by atoms with E-state index in [1.807, 2.05) is 61.7 Å². The fraction of sp³-hybridized carbons (Fsp3) is 0.269. The number of fused-ring (bicyclic) bond motifs is 1. The van der Waals surface area contributed by atoms with Crippen LogP contribution in [0.3, 0.4) is 0 Å². The average Bonchev–Trinajstić information content (AvgIpc) is 2.87. The maximum absolute atomic E-state index is 13.2. The smallest absolute Gasteiger partial charge is 0.264 e. The van der Waals surface area contributed by atoms with E-state index < -0.39 is 10.0 Å². The molecule has 1 atom stereocenters. The molecule has 1 heterocycles. The number of thioether (sulfide) groups is 1. The van der Waals surface area contributed by atoms with Crippen molar-refractivity contribution in [2.75, 3.05) is 23.7 Å². The summed E-state index contributed by atoms with van der Waals surface area (Å²) in [7, 11) is -3.68.